The fourth-order valence-electron chi connectivity index (χ4n) is 2.03. The SMILES string of the molecule is NC[C@H]1CC[C@@H](C(=O)NCc2ccc(Br)cc2Cl)O1. The first-order valence-electron chi connectivity index (χ1n) is 6.17. The smallest absolute Gasteiger partial charge is 0.249 e. The van der Waals surface area contributed by atoms with E-state index in [2.05, 4.69) is 21.2 Å². The van der Waals surface area contributed by atoms with E-state index < -0.39 is 0 Å². The van der Waals surface area contributed by atoms with Crippen molar-refractivity contribution in [2.24, 2.45) is 5.73 Å². The van der Waals surface area contributed by atoms with Gasteiger partial charge in [0.25, 0.3) is 0 Å². The van der Waals surface area contributed by atoms with Crippen LogP contribution in [-0.2, 0) is 16.1 Å². The second-order valence-corrected chi connectivity index (χ2v) is 5.84. The lowest BCUT2D eigenvalue weighted by Crippen LogP contribution is -2.35. The van der Waals surface area contributed by atoms with Crippen LogP contribution < -0.4 is 11.1 Å². The third kappa shape index (κ3) is 3.92. The molecule has 0 unspecified atom stereocenters. The molecule has 1 heterocycles. The molecule has 2 atom stereocenters. The molecular weight excluding hydrogens is 332 g/mol. The third-order valence-electron chi connectivity index (χ3n) is 3.13. The molecule has 0 bridgehead atoms. The van der Waals surface area contributed by atoms with Gasteiger partial charge in [-0.3, -0.25) is 4.79 Å². The third-order valence-corrected chi connectivity index (χ3v) is 3.98. The highest BCUT2D eigenvalue weighted by Gasteiger charge is 2.29. The van der Waals surface area contributed by atoms with Gasteiger partial charge in [-0.05, 0) is 30.5 Å². The number of halogens is 2. The van der Waals surface area contributed by atoms with Crippen LogP contribution >= 0.6 is 27.5 Å². The van der Waals surface area contributed by atoms with Crippen LogP contribution in [0.1, 0.15) is 18.4 Å². The largest absolute Gasteiger partial charge is 0.364 e. The summed E-state index contributed by atoms with van der Waals surface area (Å²) in [6, 6.07) is 5.58. The first-order chi connectivity index (χ1) is 9.10. The van der Waals surface area contributed by atoms with Crippen molar-refractivity contribution in [1.29, 1.82) is 0 Å². The van der Waals surface area contributed by atoms with Gasteiger partial charge < -0.3 is 15.8 Å². The van der Waals surface area contributed by atoms with Crippen molar-refractivity contribution in [3.63, 3.8) is 0 Å². The fourth-order valence-corrected chi connectivity index (χ4v) is 2.77. The van der Waals surface area contributed by atoms with Crippen molar-refractivity contribution in [3.05, 3.63) is 33.3 Å². The average Bonchev–Trinajstić information content (AvgIpc) is 2.86. The first kappa shape index (κ1) is 14.8. The van der Waals surface area contributed by atoms with E-state index in [4.69, 9.17) is 22.1 Å². The van der Waals surface area contributed by atoms with E-state index in [1.807, 2.05) is 12.1 Å². The molecule has 0 aliphatic carbocycles. The van der Waals surface area contributed by atoms with E-state index in [0.29, 0.717) is 18.1 Å². The predicted octanol–water partition coefficient (Wildman–Crippen LogP) is 2.23. The zero-order valence-corrected chi connectivity index (χ0v) is 12.7. The monoisotopic (exact) mass is 346 g/mol. The van der Waals surface area contributed by atoms with Crippen molar-refractivity contribution < 1.29 is 9.53 Å². The molecule has 0 aromatic heterocycles. The van der Waals surface area contributed by atoms with Crippen molar-refractivity contribution in [2.45, 2.75) is 31.6 Å². The summed E-state index contributed by atoms with van der Waals surface area (Å²) in [6.45, 7) is 0.862. The highest BCUT2D eigenvalue weighted by Crippen LogP contribution is 2.22. The summed E-state index contributed by atoms with van der Waals surface area (Å²) in [7, 11) is 0. The second kappa shape index (κ2) is 6.70. The van der Waals surface area contributed by atoms with E-state index in [-0.39, 0.29) is 18.1 Å². The van der Waals surface area contributed by atoms with Crippen LogP contribution in [0.25, 0.3) is 0 Å². The Bertz CT molecular complexity index is 470. The zero-order chi connectivity index (χ0) is 13.8. The number of hydrogen-bond donors (Lipinski definition) is 2. The van der Waals surface area contributed by atoms with Crippen molar-refractivity contribution in [3.8, 4) is 0 Å². The van der Waals surface area contributed by atoms with Crippen LogP contribution in [0.5, 0.6) is 0 Å². The zero-order valence-electron chi connectivity index (χ0n) is 10.4. The van der Waals surface area contributed by atoms with Crippen LogP contribution in [0.4, 0.5) is 0 Å². The molecule has 0 radical (unpaired) electrons. The standard InChI is InChI=1S/C13H16BrClN2O2/c14-9-2-1-8(11(15)5-9)7-17-13(18)12-4-3-10(6-16)19-12/h1-2,5,10,12H,3-4,6-7,16H2,(H,17,18)/t10-,12+/m1/s1. The molecule has 0 spiro atoms. The molecule has 4 nitrogen and oxygen atoms in total. The molecule has 19 heavy (non-hydrogen) atoms. The number of rotatable bonds is 4. The van der Waals surface area contributed by atoms with Gasteiger partial charge in [-0.1, -0.05) is 33.6 Å². The molecule has 1 aliphatic heterocycles. The summed E-state index contributed by atoms with van der Waals surface area (Å²) >= 11 is 9.43. The minimum atomic E-state index is -0.386. The maximum atomic E-state index is 11.9. The number of amides is 1. The number of carbonyl (C=O) groups excluding carboxylic acids is 1. The van der Waals surface area contributed by atoms with Gasteiger partial charge in [0.05, 0.1) is 6.10 Å². The quantitative estimate of drug-likeness (QED) is 0.878. The predicted molar refractivity (Wildman–Crippen MR) is 77.9 cm³/mol. The summed E-state index contributed by atoms with van der Waals surface area (Å²) in [5, 5.41) is 3.47. The lowest BCUT2D eigenvalue weighted by atomic mass is 10.2. The van der Waals surface area contributed by atoms with Crippen molar-refractivity contribution in [2.75, 3.05) is 6.54 Å². The average molecular weight is 348 g/mol. The van der Waals surface area contributed by atoms with Gasteiger partial charge in [-0.25, -0.2) is 0 Å². The van der Waals surface area contributed by atoms with Gasteiger partial charge in [-0.15, -0.1) is 0 Å². The summed E-state index contributed by atoms with van der Waals surface area (Å²) in [6.07, 6.45) is 1.19. The summed E-state index contributed by atoms with van der Waals surface area (Å²) in [5.41, 5.74) is 6.40. The number of carbonyl (C=O) groups is 1. The van der Waals surface area contributed by atoms with E-state index in [1.54, 1.807) is 6.07 Å². The molecule has 1 amide bonds. The lowest BCUT2D eigenvalue weighted by molar-refractivity contribution is -0.132. The van der Waals surface area contributed by atoms with Crippen molar-refractivity contribution >= 4 is 33.4 Å². The van der Waals surface area contributed by atoms with E-state index in [0.717, 1.165) is 22.9 Å². The van der Waals surface area contributed by atoms with Gasteiger partial charge in [0.15, 0.2) is 0 Å². The van der Waals surface area contributed by atoms with Crippen LogP contribution in [0.15, 0.2) is 22.7 Å². The Kier molecular flexibility index (Phi) is 5.21. The maximum Gasteiger partial charge on any atom is 0.249 e. The number of nitrogens with two attached hydrogens (primary N) is 1. The minimum absolute atomic E-state index is 0.00650. The molecule has 1 aromatic carbocycles. The Balaban J connectivity index is 1.87. The molecule has 1 aromatic rings. The fraction of sp³-hybridized carbons (Fsp3) is 0.462. The lowest BCUT2D eigenvalue weighted by Gasteiger charge is -2.13. The van der Waals surface area contributed by atoms with Crippen LogP contribution in [0.2, 0.25) is 5.02 Å². The number of ether oxygens (including phenoxy) is 1. The van der Waals surface area contributed by atoms with Gasteiger partial charge in [0.1, 0.15) is 6.10 Å². The van der Waals surface area contributed by atoms with Gasteiger partial charge in [0.2, 0.25) is 5.91 Å². The van der Waals surface area contributed by atoms with E-state index in [9.17, 15) is 4.79 Å². The van der Waals surface area contributed by atoms with Crippen LogP contribution in [0.3, 0.4) is 0 Å². The molecule has 6 heteroatoms. The number of nitrogens with one attached hydrogen (secondary N) is 1. The van der Waals surface area contributed by atoms with Gasteiger partial charge in [0, 0.05) is 22.6 Å². The Labute approximate surface area is 125 Å². The first-order valence-corrected chi connectivity index (χ1v) is 7.34. The van der Waals surface area contributed by atoms with Crippen LogP contribution in [-0.4, -0.2) is 24.7 Å². The topological polar surface area (TPSA) is 64.4 Å². The second-order valence-electron chi connectivity index (χ2n) is 4.51. The molecule has 2 rings (SSSR count). The van der Waals surface area contributed by atoms with Crippen LogP contribution in [0, 0.1) is 0 Å². The summed E-state index contributed by atoms with van der Waals surface area (Å²) in [4.78, 5) is 11.9. The summed E-state index contributed by atoms with van der Waals surface area (Å²) in [5.74, 6) is -0.102. The maximum absolute atomic E-state index is 11.9. The minimum Gasteiger partial charge on any atom is -0.364 e. The molecule has 1 aliphatic rings. The molecule has 0 saturated carbocycles. The molecule has 1 saturated heterocycles. The Morgan fingerprint density at radius 3 is 2.95 bits per heavy atom. The molecule has 3 N–H and O–H groups in total. The van der Waals surface area contributed by atoms with E-state index in [1.165, 1.54) is 0 Å². The highest BCUT2D eigenvalue weighted by molar-refractivity contribution is 9.10. The van der Waals surface area contributed by atoms with Gasteiger partial charge >= 0.3 is 0 Å². The molecule has 1 fully saturated rings. The molecular formula is C13H16BrClN2O2. The number of benzene rings is 1. The van der Waals surface area contributed by atoms with Crippen molar-refractivity contribution in [1.82, 2.24) is 5.32 Å². The molecule has 104 valence electrons. The Hall–Kier alpha value is -0.620. The Morgan fingerprint density at radius 2 is 2.32 bits per heavy atom. The Morgan fingerprint density at radius 1 is 1.53 bits per heavy atom. The number of hydrogen-bond acceptors (Lipinski definition) is 3. The van der Waals surface area contributed by atoms with Gasteiger partial charge in [-0.2, -0.15) is 0 Å². The highest BCUT2D eigenvalue weighted by atomic mass is 79.9. The van der Waals surface area contributed by atoms with E-state index >= 15 is 0 Å². The normalized spacial score (nSPS) is 22.5. The summed E-state index contributed by atoms with van der Waals surface area (Å²) < 4.78 is 6.45.